The van der Waals surface area contributed by atoms with Gasteiger partial charge in [-0.05, 0) is 41.2 Å². The van der Waals surface area contributed by atoms with Gasteiger partial charge in [0.25, 0.3) is 0 Å². The normalized spacial score (nSPS) is 16.8. The zero-order valence-electron chi connectivity index (χ0n) is 18.3. The SMILES string of the molecule is C[C@@H](CN[C@H](c1ccccc1)[C@H]1CNc2cccnc2N1)c1ccc(CCC(=O)O)cc1. The highest BCUT2D eigenvalue weighted by Gasteiger charge is 2.27. The van der Waals surface area contributed by atoms with Gasteiger partial charge < -0.3 is 21.1 Å². The third kappa shape index (κ3) is 5.45. The maximum atomic E-state index is 10.8. The minimum absolute atomic E-state index is 0.121. The zero-order valence-corrected chi connectivity index (χ0v) is 18.3. The molecule has 0 unspecified atom stereocenters. The fourth-order valence-electron chi connectivity index (χ4n) is 4.15. The largest absolute Gasteiger partial charge is 0.481 e. The number of aliphatic carboxylic acids is 1. The second-order valence-corrected chi connectivity index (χ2v) is 8.36. The molecular formula is C26H30N4O2. The smallest absolute Gasteiger partial charge is 0.303 e. The van der Waals surface area contributed by atoms with E-state index in [1.54, 1.807) is 0 Å². The lowest BCUT2D eigenvalue weighted by atomic mass is 9.95. The lowest BCUT2D eigenvalue weighted by molar-refractivity contribution is -0.136. The molecule has 6 nitrogen and oxygen atoms in total. The van der Waals surface area contributed by atoms with E-state index in [1.807, 2.05) is 36.5 Å². The lowest BCUT2D eigenvalue weighted by Crippen LogP contribution is -2.45. The Hall–Kier alpha value is -3.38. The molecule has 0 fully saturated rings. The van der Waals surface area contributed by atoms with Crippen LogP contribution in [0.2, 0.25) is 0 Å². The van der Waals surface area contributed by atoms with Gasteiger partial charge in [-0.1, -0.05) is 61.5 Å². The molecule has 1 aromatic heterocycles. The molecule has 0 saturated carbocycles. The van der Waals surface area contributed by atoms with Crippen LogP contribution in [0.5, 0.6) is 0 Å². The van der Waals surface area contributed by atoms with Crippen LogP contribution in [-0.2, 0) is 11.2 Å². The number of hydrogen-bond acceptors (Lipinski definition) is 5. The average molecular weight is 431 g/mol. The first-order valence-corrected chi connectivity index (χ1v) is 11.1. The highest BCUT2D eigenvalue weighted by molar-refractivity contribution is 5.67. The first-order chi connectivity index (χ1) is 15.6. The highest BCUT2D eigenvalue weighted by Crippen LogP contribution is 2.29. The molecule has 2 heterocycles. The summed E-state index contributed by atoms with van der Waals surface area (Å²) in [6.45, 7) is 3.84. The minimum atomic E-state index is -0.762. The Morgan fingerprint density at radius 2 is 1.88 bits per heavy atom. The van der Waals surface area contributed by atoms with Crippen molar-refractivity contribution in [3.63, 3.8) is 0 Å². The molecule has 0 bridgehead atoms. The summed E-state index contributed by atoms with van der Waals surface area (Å²) >= 11 is 0. The number of nitrogens with one attached hydrogen (secondary N) is 3. The topological polar surface area (TPSA) is 86.3 Å². The Morgan fingerprint density at radius 3 is 2.62 bits per heavy atom. The lowest BCUT2D eigenvalue weighted by Gasteiger charge is -2.35. The Balaban J connectivity index is 1.43. The van der Waals surface area contributed by atoms with E-state index in [0.717, 1.165) is 30.2 Å². The number of rotatable bonds is 9. The Kier molecular flexibility index (Phi) is 7.02. The first kappa shape index (κ1) is 21.8. The number of anilines is 2. The molecule has 6 heteroatoms. The molecule has 0 amide bonds. The van der Waals surface area contributed by atoms with Crippen molar-refractivity contribution in [2.45, 2.75) is 37.8 Å². The number of fused-ring (bicyclic) bond motifs is 1. The molecular weight excluding hydrogens is 400 g/mol. The van der Waals surface area contributed by atoms with Crippen molar-refractivity contribution in [1.82, 2.24) is 10.3 Å². The van der Waals surface area contributed by atoms with Crippen molar-refractivity contribution in [2.75, 3.05) is 23.7 Å². The van der Waals surface area contributed by atoms with E-state index in [2.05, 4.69) is 64.3 Å². The second kappa shape index (κ2) is 10.3. The molecule has 2 aromatic carbocycles. The number of nitrogens with zero attached hydrogens (tertiary/aromatic N) is 1. The molecule has 1 aliphatic heterocycles. The molecule has 4 rings (SSSR count). The van der Waals surface area contributed by atoms with Crippen molar-refractivity contribution in [2.24, 2.45) is 0 Å². The summed E-state index contributed by atoms with van der Waals surface area (Å²) < 4.78 is 0. The molecule has 0 aliphatic carbocycles. The number of pyridine rings is 1. The van der Waals surface area contributed by atoms with Crippen LogP contribution in [0, 0.1) is 0 Å². The maximum Gasteiger partial charge on any atom is 0.303 e. The van der Waals surface area contributed by atoms with Crippen molar-refractivity contribution < 1.29 is 9.90 Å². The van der Waals surface area contributed by atoms with Crippen LogP contribution in [0.15, 0.2) is 72.9 Å². The van der Waals surface area contributed by atoms with Gasteiger partial charge >= 0.3 is 5.97 Å². The summed E-state index contributed by atoms with van der Waals surface area (Å²) in [5.74, 6) is 0.440. The molecule has 1 aliphatic rings. The second-order valence-electron chi connectivity index (χ2n) is 8.36. The van der Waals surface area contributed by atoms with E-state index >= 15 is 0 Å². The fourth-order valence-corrected chi connectivity index (χ4v) is 4.15. The molecule has 32 heavy (non-hydrogen) atoms. The third-order valence-electron chi connectivity index (χ3n) is 6.02. The van der Waals surface area contributed by atoms with Crippen molar-refractivity contribution in [1.29, 1.82) is 0 Å². The Bertz CT molecular complexity index is 1020. The van der Waals surface area contributed by atoms with Crippen LogP contribution in [0.1, 0.15) is 42.0 Å². The molecule has 0 saturated heterocycles. The number of benzene rings is 2. The van der Waals surface area contributed by atoms with Gasteiger partial charge in [-0.15, -0.1) is 0 Å². The highest BCUT2D eigenvalue weighted by atomic mass is 16.4. The van der Waals surface area contributed by atoms with Crippen LogP contribution in [0.4, 0.5) is 11.5 Å². The summed E-state index contributed by atoms with van der Waals surface area (Å²) in [7, 11) is 0. The van der Waals surface area contributed by atoms with Crippen molar-refractivity contribution in [3.8, 4) is 0 Å². The number of carbonyl (C=O) groups is 1. The summed E-state index contributed by atoms with van der Waals surface area (Å²) in [5.41, 5.74) is 4.57. The van der Waals surface area contributed by atoms with Crippen LogP contribution in [0.3, 0.4) is 0 Å². The Labute approximate surface area is 189 Å². The quantitative estimate of drug-likeness (QED) is 0.402. The zero-order chi connectivity index (χ0) is 22.3. The number of carboxylic acid groups (broad SMARTS) is 1. The van der Waals surface area contributed by atoms with Gasteiger partial charge in [-0.25, -0.2) is 4.98 Å². The van der Waals surface area contributed by atoms with E-state index in [9.17, 15) is 4.79 Å². The maximum absolute atomic E-state index is 10.8. The molecule has 3 atom stereocenters. The van der Waals surface area contributed by atoms with Crippen LogP contribution < -0.4 is 16.0 Å². The van der Waals surface area contributed by atoms with Crippen molar-refractivity contribution >= 4 is 17.5 Å². The summed E-state index contributed by atoms with van der Waals surface area (Å²) in [4.78, 5) is 15.3. The van der Waals surface area contributed by atoms with Crippen LogP contribution in [-0.4, -0.2) is 35.2 Å². The van der Waals surface area contributed by atoms with Crippen LogP contribution in [0.25, 0.3) is 0 Å². The predicted molar refractivity (Wildman–Crippen MR) is 128 cm³/mol. The standard InChI is InChI=1S/C26H30N4O2/c1-18(20-12-9-19(10-13-20)11-14-24(31)32)16-29-25(21-6-3-2-4-7-21)23-17-28-22-8-5-15-27-26(22)30-23/h2-10,12-13,15,18,23,25,28-29H,11,14,16-17H2,1H3,(H,27,30)(H,31,32)/t18-,23+,25+/m0/s1. The Morgan fingerprint density at radius 1 is 1.09 bits per heavy atom. The molecule has 4 N–H and O–H groups in total. The summed E-state index contributed by atoms with van der Waals surface area (Å²) in [6.07, 6.45) is 2.53. The number of carboxylic acids is 1. The van der Waals surface area contributed by atoms with E-state index in [-0.39, 0.29) is 18.5 Å². The fraction of sp³-hybridized carbons (Fsp3) is 0.308. The van der Waals surface area contributed by atoms with E-state index in [4.69, 9.17) is 5.11 Å². The summed E-state index contributed by atoms with van der Waals surface area (Å²) in [6, 6.07) is 23.1. The monoisotopic (exact) mass is 430 g/mol. The van der Waals surface area contributed by atoms with E-state index in [0.29, 0.717) is 12.3 Å². The van der Waals surface area contributed by atoms with Crippen molar-refractivity contribution in [3.05, 3.63) is 89.6 Å². The van der Waals surface area contributed by atoms with Gasteiger partial charge in [0, 0.05) is 25.7 Å². The molecule has 0 radical (unpaired) electrons. The van der Waals surface area contributed by atoms with Gasteiger partial charge in [-0.2, -0.15) is 0 Å². The van der Waals surface area contributed by atoms with Gasteiger partial charge in [0.05, 0.1) is 17.8 Å². The number of aromatic nitrogens is 1. The molecule has 3 aromatic rings. The first-order valence-electron chi connectivity index (χ1n) is 11.1. The van der Waals surface area contributed by atoms with Gasteiger partial charge in [-0.3, -0.25) is 4.79 Å². The van der Waals surface area contributed by atoms with Gasteiger partial charge in [0.15, 0.2) is 0 Å². The molecule has 166 valence electrons. The van der Waals surface area contributed by atoms with E-state index < -0.39 is 5.97 Å². The van der Waals surface area contributed by atoms with Gasteiger partial charge in [0.2, 0.25) is 0 Å². The molecule has 0 spiro atoms. The van der Waals surface area contributed by atoms with Crippen LogP contribution >= 0.6 is 0 Å². The predicted octanol–water partition coefficient (Wildman–Crippen LogP) is 4.44. The number of aryl methyl sites for hydroxylation is 1. The summed E-state index contributed by atoms with van der Waals surface area (Å²) in [5, 5.41) is 19.8. The van der Waals surface area contributed by atoms with E-state index in [1.165, 1.54) is 11.1 Å². The number of hydrogen-bond donors (Lipinski definition) is 4. The minimum Gasteiger partial charge on any atom is -0.481 e. The third-order valence-corrected chi connectivity index (χ3v) is 6.02. The average Bonchev–Trinajstić information content (AvgIpc) is 2.83. The van der Waals surface area contributed by atoms with Gasteiger partial charge in [0.1, 0.15) is 5.82 Å².